The maximum absolute atomic E-state index is 10.8. The lowest BCUT2D eigenvalue weighted by Gasteiger charge is -2.46. The molecule has 3 aliphatic heterocycles. The minimum atomic E-state index is -2.49. The molecular weight excluding hydrogens is 472 g/mol. The summed E-state index contributed by atoms with van der Waals surface area (Å²) in [5.41, 5.74) is 0. The molecule has 34 heavy (non-hydrogen) atoms. The second-order valence-electron chi connectivity index (χ2n) is 8.39. The van der Waals surface area contributed by atoms with Gasteiger partial charge in [0.25, 0.3) is 0 Å². The normalized spacial score (nSPS) is 52.1. The van der Waals surface area contributed by atoms with E-state index in [1.807, 2.05) is 0 Å². The lowest BCUT2D eigenvalue weighted by molar-refractivity contribution is -0.366. The first-order chi connectivity index (χ1) is 16.0. The van der Waals surface area contributed by atoms with Crippen molar-refractivity contribution in [1.29, 1.82) is 0 Å². The third-order valence-corrected chi connectivity index (χ3v) is 6.15. The molecule has 3 aliphatic rings. The van der Waals surface area contributed by atoms with E-state index in [1.54, 1.807) is 0 Å². The Morgan fingerprint density at radius 3 is 1.62 bits per heavy atom. The standard InChI is InChI=1S/C18H32O16/c19-1-5-8(23)10(25)11(26)16(30-5)33-14-9(24)6(2-20)31-17(12(14)27)32-13-7(3-21)34-18(29,4-22)15(13)28/h5-17,19-29H,1-4H2/t5-,6-,7-,8+,9+,10+,11-,12-,13-,14+,15+,16+,17+,18?/m1/s1. The van der Waals surface area contributed by atoms with Gasteiger partial charge in [-0.25, -0.2) is 0 Å². The van der Waals surface area contributed by atoms with E-state index in [4.69, 9.17) is 23.7 Å². The van der Waals surface area contributed by atoms with Gasteiger partial charge in [-0.2, -0.15) is 0 Å². The van der Waals surface area contributed by atoms with E-state index < -0.39 is 112 Å². The maximum Gasteiger partial charge on any atom is 0.219 e. The fraction of sp³-hybridized carbons (Fsp3) is 1.00. The summed E-state index contributed by atoms with van der Waals surface area (Å²) in [7, 11) is 0. The Bertz CT molecular complexity index is 653. The molecule has 200 valence electrons. The van der Waals surface area contributed by atoms with Crippen molar-refractivity contribution in [3.8, 4) is 0 Å². The molecule has 14 atom stereocenters. The van der Waals surface area contributed by atoms with Gasteiger partial charge in [-0.15, -0.1) is 0 Å². The zero-order chi connectivity index (χ0) is 25.4. The molecule has 3 saturated heterocycles. The zero-order valence-electron chi connectivity index (χ0n) is 17.8. The molecule has 1 unspecified atom stereocenters. The van der Waals surface area contributed by atoms with Crippen molar-refractivity contribution in [3.63, 3.8) is 0 Å². The van der Waals surface area contributed by atoms with Crippen LogP contribution in [0.1, 0.15) is 0 Å². The summed E-state index contributed by atoms with van der Waals surface area (Å²) in [4.78, 5) is 0. The first-order valence-corrected chi connectivity index (χ1v) is 10.6. The molecule has 3 heterocycles. The Labute approximate surface area is 192 Å². The molecule has 3 rings (SSSR count). The number of rotatable bonds is 8. The fourth-order valence-corrected chi connectivity index (χ4v) is 4.11. The van der Waals surface area contributed by atoms with E-state index in [0.29, 0.717) is 0 Å². The number of aliphatic hydroxyl groups excluding tert-OH is 10. The van der Waals surface area contributed by atoms with E-state index >= 15 is 0 Å². The van der Waals surface area contributed by atoms with E-state index in [1.165, 1.54) is 0 Å². The van der Waals surface area contributed by atoms with Gasteiger partial charge in [-0.1, -0.05) is 0 Å². The minimum absolute atomic E-state index is 0.759. The minimum Gasteiger partial charge on any atom is -0.394 e. The predicted octanol–water partition coefficient (Wildman–Crippen LogP) is -7.57. The first kappa shape index (κ1) is 27.9. The van der Waals surface area contributed by atoms with Gasteiger partial charge in [-0.3, -0.25) is 0 Å². The van der Waals surface area contributed by atoms with Gasteiger partial charge in [0, 0.05) is 0 Å². The number of ether oxygens (including phenoxy) is 5. The molecule has 0 amide bonds. The molecule has 0 radical (unpaired) electrons. The van der Waals surface area contributed by atoms with Crippen LogP contribution < -0.4 is 0 Å². The number of hydrogen-bond donors (Lipinski definition) is 11. The number of aliphatic hydroxyl groups is 11. The Morgan fingerprint density at radius 1 is 0.588 bits per heavy atom. The van der Waals surface area contributed by atoms with Crippen LogP contribution >= 0.6 is 0 Å². The van der Waals surface area contributed by atoms with Gasteiger partial charge in [0.05, 0.1) is 26.4 Å². The third-order valence-electron chi connectivity index (χ3n) is 6.15. The lowest BCUT2D eigenvalue weighted by Crippen LogP contribution is -2.65. The van der Waals surface area contributed by atoms with Crippen LogP contribution in [0.25, 0.3) is 0 Å². The van der Waals surface area contributed by atoms with Crippen LogP contribution in [-0.4, -0.2) is 168 Å². The highest BCUT2D eigenvalue weighted by atomic mass is 16.8. The molecule has 16 nitrogen and oxygen atoms in total. The van der Waals surface area contributed by atoms with Gasteiger partial charge >= 0.3 is 0 Å². The van der Waals surface area contributed by atoms with Crippen molar-refractivity contribution in [1.82, 2.24) is 0 Å². The second kappa shape index (κ2) is 11.2. The molecule has 0 aromatic carbocycles. The predicted molar refractivity (Wildman–Crippen MR) is 101 cm³/mol. The van der Waals surface area contributed by atoms with Crippen LogP contribution in [-0.2, 0) is 23.7 Å². The Hall–Kier alpha value is -0.640. The molecule has 0 bridgehead atoms. The van der Waals surface area contributed by atoms with Crippen molar-refractivity contribution >= 4 is 0 Å². The van der Waals surface area contributed by atoms with Crippen LogP contribution in [0.3, 0.4) is 0 Å². The SMILES string of the molecule is OC[C@H]1O[C@@H](O[C@H]2[C@@H](O)[C@@H](CO)O[C@@H](O[C@@H]3[C@@H](CO)OC(O)(CO)[C@H]3O)[C@@H]2O)[C@H](O)[C@@H](O)[C@H]1O. The smallest absolute Gasteiger partial charge is 0.219 e. The molecule has 11 N–H and O–H groups in total. The average molecular weight is 504 g/mol. The third kappa shape index (κ3) is 5.09. The van der Waals surface area contributed by atoms with Crippen molar-refractivity contribution < 1.29 is 79.9 Å². The van der Waals surface area contributed by atoms with Crippen molar-refractivity contribution in [2.45, 2.75) is 85.5 Å². The second-order valence-corrected chi connectivity index (χ2v) is 8.39. The Kier molecular flexibility index (Phi) is 9.18. The summed E-state index contributed by atoms with van der Waals surface area (Å²) in [5, 5.41) is 109. The summed E-state index contributed by atoms with van der Waals surface area (Å²) in [5.74, 6) is -2.49. The molecule has 0 aromatic heterocycles. The zero-order valence-corrected chi connectivity index (χ0v) is 17.8. The highest BCUT2D eigenvalue weighted by molar-refractivity contribution is 4.99. The Morgan fingerprint density at radius 2 is 1.09 bits per heavy atom. The fourth-order valence-electron chi connectivity index (χ4n) is 4.11. The number of hydrogen-bond acceptors (Lipinski definition) is 16. The maximum atomic E-state index is 10.8. The summed E-state index contributed by atoms with van der Waals surface area (Å²) in [6.45, 7) is -3.40. The van der Waals surface area contributed by atoms with E-state index in [9.17, 15) is 56.2 Å². The lowest BCUT2D eigenvalue weighted by atomic mass is 9.96. The topological polar surface area (TPSA) is 269 Å². The summed E-state index contributed by atoms with van der Waals surface area (Å²) < 4.78 is 26.4. The molecule has 3 fully saturated rings. The molecule has 0 aliphatic carbocycles. The van der Waals surface area contributed by atoms with Crippen LogP contribution in [0, 0.1) is 0 Å². The van der Waals surface area contributed by atoms with Gasteiger partial charge in [0.2, 0.25) is 5.79 Å². The van der Waals surface area contributed by atoms with Crippen LogP contribution in [0.2, 0.25) is 0 Å². The van der Waals surface area contributed by atoms with Gasteiger partial charge in [-0.05, 0) is 0 Å². The van der Waals surface area contributed by atoms with Crippen molar-refractivity contribution in [2.75, 3.05) is 26.4 Å². The summed E-state index contributed by atoms with van der Waals surface area (Å²) in [6.07, 6.45) is -21.8. The highest BCUT2D eigenvalue weighted by Gasteiger charge is 2.57. The first-order valence-electron chi connectivity index (χ1n) is 10.6. The van der Waals surface area contributed by atoms with E-state index in [2.05, 4.69) is 0 Å². The van der Waals surface area contributed by atoms with Gasteiger partial charge in [0.1, 0.15) is 67.1 Å². The van der Waals surface area contributed by atoms with Crippen molar-refractivity contribution in [3.05, 3.63) is 0 Å². The molecule has 0 aromatic rings. The Balaban J connectivity index is 1.78. The molecule has 16 heteroatoms. The van der Waals surface area contributed by atoms with Gasteiger partial charge < -0.3 is 79.9 Å². The summed E-state index contributed by atoms with van der Waals surface area (Å²) >= 11 is 0. The van der Waals surface area contributed by atoms with Crippen LogP contribution in [0.5, 0.6) is 0 Å². The molecule has 0 spiro atoms. The quantitative estimate of drug-likeness (QED) is 0.146. The van der Waals surface area contributed by atoms with Crippen LogP contribution in [0.15, 0.2) is 0 Å². The monoisotopic (exact) mass is 504 g/mol. The summed E-state index contributed by atoms with van der Waals surface area (Å²) in [6, 6.07) is 0. The van der Waals surface area contributed by atoms with Gasteiger partial charge in [0.15, 0.2) is 12.6 Å². The molecular formula is C18H32O16. The molecule has 0 saturated carbocycles. The largest absolute Gasteiger partial charge is 0.394 e. The van der Waals surface area contributed by atoms with Crippen molar-refractivity contribution in [2.24, 2.45) is 0 Å². The average Bonchev–Trinajstić information content (AvgIpc) is 3.08. The van der Waals surface area contributed by atoms with E-state index in [-0.39, 0.29) is 0 Å². The van der Waals surface area contributed by atoms with E-state index in [0.717, 1.165) is 0 Å². The van der Waals surface area contributed by atoms with Crippen LogP contribution in [0.4, 0.5) is 0 Å². The highest BCUT2D eigenvalue weighted by Crippen LogP contribution is 2.35.